The number of hydrogen-bond donors (Lipinski definition) is 2. The largest absolute Gasteiger partial charge is 0.381 e. The van der Waals surface area contributed by atoms with Crippen molar-refractivity contribution < 1.29 is 4.79 Å². The van der Waals surface area contributed by atoms with Crippen LogP contribution in [0.5, 0.6) is 0 Å². The van der Waals surface area contributed by atoms with E-state index < -0.39 is 5.91 Å². The summed E-state index contributed by atoms with van der Waals surface area (Å²) in [5.74, 6) is -0.405. The molecule has 3 N–H and O–H groups in total. The van der Waals surface area contributed by atoms with Gasteiger partial charge in [0.05, 0.1) is 0 Å². The van der Waals surface area contributed by atoms with Crippen molar-refractivity contribution in [1.82, 2.24) is 0 Å². The van der Waals surface area contributed by atoms with Crippen LogP contribution in [0.4, 0.5) is 5.69 Å². The number of rotatable bonds is 5. The Hall–Kier alpha value is -2.29. The first kappa shape index (κ1) is 13.1. The first-order chi connectivity index (χ1) is 9.20. The van der Waals surface area contributed by atoms with E-state index in [9.17, 15) is 4.79 Å². The van der Waals surface area contributed by atoms with Gasteiger partial charge in [-0.2, -0.15) is 0 Å². The zero-order valence-corrected chi connectivity index (χ0v) is 11.0. The van der Waals surface area contributed by atoms with Gasteiger partial charge < -0.3 is 11.1 Å². The molecular formula is C16H18N2O. The van der Waals surface area contributed by atoms with Gasteiger partial charge in [0.2, 0.25) is 5.91 Å². The normalized spacial score (nSPS) is 10.2. The minimum atomic E-state index is -0.405. The van der Waals surface area contributed by atoms with Crippen LogP contribution in [0.2, 0.25) is 0 Å². The molecule has 0 aromatic heterocycles. The van der Waals surface area contributed by atoms with E-state index in [4.69, 9.17) is 5.73 Å². The van der Waals surface area contributed by atoms with Crippen LogP contribution in [0.3, 0.4) is 0 Å². The minimum absolute atomic E-state index is 0.405. The van der Waals surface area contributed by atoms with Crippen LogP contribution in [0.1, 0.15) is 28.4 Å². The molecule has 2 aromatic rings. The Morgan fingerprint density at radius 1 is 1.11 bits per heavy atom. The van der Waals surface area contributed by atoms with Crippen molar-refractivity contribution in [2.45, 2.75) is 19.9 Å². The van der Waals surface area contributed by atoms with E-state index in [0.29, 0.717) is 5.56 Å². The second-order valence-corrected chi connectivity index (χ2v) is 4.42. The van der Waals surface area contributed by atoms with Crippen molar-refractivity contribution in [2.75, 3.05) is 5.32 Å². The van der Waals surface area contributed by atoms with Gasteiger partial charge in [0.25, 0.3) is 0 Å². The third-order valence-corrected chi connectivity index (χ3v) is 3.13. The lowest BCUT2D eigenvalue weighted by Gasteiger charge is -2.10. The Morgan fingerprint density at radius 2 is 1.84 bits per heavy atom. The summed E-state index contributed by atoms with van der Waals surface area (Å²) in [6.45, 7) is 2.89. The predicted octanol–water partition coefficient (Wildman–Crippen LogP) is 2.96. The van der Waals surface area contributed by atoms with Gasteiger partial charge in [-0.25, -0.2) is 0 Å². The molecule has 0 aliphatic carbocycles. The van der Waals surface area contributed by atoms with E-state index in [1.54, 1.807) is 12.1 Å². The fourth-order valence-electron chi connectivity index (χ4n) is 2.05. The van der Waals surface area contributed by atoms with Gasteiger partial charge >= 0.3 is 0 Å². The quantitative estimate of drug-likeness (QED) is 0.862. The van der Waals surface area contributed by atoms with Gasteiger partial charge in [0.15, 0.2) is 0 Å². The van der Waals surface area contributed by atoms with Crippen LogP contribution in [0.25, 0.3) is 0 Å². The summed E-state index contributed by atoms with van der Waals surface area (Å²) in [5, 5.41) is 3.32. The molecule has 19 heavy (non-hydrogen) atoms. The lowest BCUT2D eigenvalue weighted by molar-refractivity contribution is 0.100. The van der Waals surface area contributed by atoms with Crippen LogP contribution in [-0.4, -0.2) is 5.91 Å². The number of primary amides is 1. The molecule has 2 aromatic carbocycles. The lowest BCUT2D eigenvalue weighted by Crippen LogP contribution is -2.11. The molecule has 0 atom stereocenters. The molecule has 3 nitrogen and oxygen atoms in total. The monoisotopic (exact) mass is 254 g/mol. The Labute approximate surface area is 113 Å². The lowest BCUT2D eigenvalue weighted by atomic mass is 10.1. The fraction of sp³-hybridized carbons (Fsp3) is 0.188. The number of benzene rings is 2. The smallest absolute Gasteiger partial charge is 0.248 e. The van der Waals surface area contributed by atoms with E-state index in [1.165, 1.54) is 11.1 Å². The summed E-state index contributed by atoms with van der Waals surface area (Å²) in [4.78, 5) is 11.1. The van der Waals surface area contributed by atoms with Crippen molar-refractivity contribution in [1.29, 1.82) is 0 Å². The number of anilines is 1. The number of aryl methyl sites for hydroxylation is 1. The van der Waals surface area contributed by atoms with E-state index in [1.807, 2.05) is 18.2 Å². The van der Waals surface area contributed by atoms with Gasteiger partial charge in [-0.15, -0.1) is 0 Å². The van der Waals surface area contributed by atoms with Crippen molar-refractivity contribution in [3.8, 4) is 0 Å². The molecule has 2 rings (SSSR count). The van der Waals surface area contributed by atoms with Gasteiger partial charge in [-0.05, 0) is 35.7 Å². The Kier molecular flexibility index (Phi) is 4.18. The maximum atomic E-state index is 11.1. The molecule has 0 aliphatic rings. The number of carbonyl (C=O) groups is 1. The molecular weight excluding hydrogens is 236 g/mol. The van der Waals surface area contributed by atoms with Crippen molar-refractivity contribution >= 4 is 11.6 Å². The van der Waals surface area contributed by atoms with Crippen molar-refractivity contribution in [2.24, 2.45) is 5.73 Å². The Balaban J connectivity index is 2.10. The van der Waals surface area contributed by atoms with E-state index in [0.717, 1.165) is 18.7 Å². The summed E-state index contributed by atoms with van der Waals surface area (Å²) in [6.07, 6.45) is 1.01. The van der Waals surface area contributed by atoms with Gasteiger partial charge in [-0.1, -0.05) is 37.3 Å². The summed E-state index contributed by atoms with van der Waals surface area (Å²) >= 11 is 0. The molecule has 0 saturated heterocycles. The van der Waals surface area contributed by atoms with Crippen LogP contribution in [0, 0.1) is 0 Å². The summed E-state index contributed by atoms with van der Waals surface area (Å²) in [6, 6.07) is 15.6. The minimum Gasteiger partial charge on any atom is -0.381 e. The zero-order valence-electron chi connectivity index (χ0n) is 11.0. The highest BCUT2D eigenvalue weighted by Gasteiger charge is 2.02. The summed E-state index contributed by atoms with van der Waals surface area (Å²) in [7, 11) is 0. The molecule has 98 valence electrons. The number of nitrogens with two attached hydrogens (primary N) is 1. The number of hydrogen-bond acceptors (Lipinski definition) is 2. The predicted molar refractivity (Wildman–Crippen MR) is 78.1 cm³/mol. The maximum absolute atomic E-state index is 11.1. The average Bonchev–Trinajstić information content (AvgIpc) is 2.45. The Morgan fingerprint density at radius 3 is 2.53 bits per heavy atom. The number of amides is 1. The van der Waals surface area contributed by atoms with Crippen molar-refractivity contribution in [3.05, 3.63) is 65.2 Å². The second-order valence-electron chi connectivity index (χ2n) is 4.42. The van der Waals surface area contributed by atoms with E-state index in [-0.39, 0.29) is 0 Å². The number of nitrogens with one attached hydrogen (secondary N) is 1. The second kappa shape index (κ2) is 6.05. The fourth-order valence-corrected chi connectivity index (χ4v) is 2.05. The molecule has 0 fully saturated rings. The molecule has 0 unspecified atom stereocenters. The molecule has 1 amide bonds. The van der Waals surface area contributed by atoms with Crippen LogP contribution >= 0.6 is 0 Å². The molecule has 0 bridgehead atoms. The molecule has 0 heterocycles. The standard InChI is InChI=1S/C16H18N2O/c1-2-12-6-3-4-7-14(12)11-18-15-9-5-8-13(10-15)16(17)19/h3-10,18H,2,11H2,1H3,(H2,17,19). The zero-order chi connectivity index (χ0) is 13.7. The molecule has 0 radical (unpaired) electrons. The van der Waals surface area contributed by atoms with Crippen LogP contribution in [-0.2, 0) is 13.0 Å². The molecule has 0 aliphatic heterocycles. The third kappa shape index (κ3) is 3.35. The summed E-state index contributed by atoms with van der Waals surface area (Å²) < 4.78 is 0. The van der Waals surface area contributed by atoms with Crippen LogP contribution < -0.4 is 11.1 Å². The molecule has 0 spiro atoms. The highest BCUT2D eigenvalue weighted by molar-refractivity contribution is 5.93. The van der Waals surface area contributed by atoms with E-state index >= 15 is 0 Å². The SMILES string of the molecule is CCc1ccccc1CNc1cccc(C(N)=O)c1. The maximum Gasteiger partial charge on any atom is 0.248 e. The number of carbonyl (C=O) groups excluding carboxylic acids is 1. The van der Waals surface area contributed by atoms with E-state index in [2.05, 4.69) is 30.4 Å². The highest BCUT2D eigenvalue weighted by Crippen LogP contribution is 2.14. The molecule has 0 saturated carbocycles. The Bertz CT molecular complexity index is 578. The first-order valence-electron chi connectivity index (χ1n) is 6.41. The van der Waals surface area contributed by atoms with Gasteiger partial charge in [0, 0.05) is 17.8 Å². The van der Waals surface area contributed by atoms with Gasteiger partial charge in [-0.3, -0.25) is 4.79 Å². The highest BCUT2D eigenvalue weighted by atomic mass is 16.1. The summed E-state index contributed by atoms with van der Waals surface area (Å²) in [5.41, 5.74) is 9.30. The first-order valence-corrected chi connectivity index (χ1v) is 6.41. The topological polar surface area (TPSA) is 55.1 Å². The van der Waals surface area contributed by atoms with Crippen LogP contribution in [0.15, 0.2) is 48.5 Å². The van der Waals surface area contributed by atoms with Gasteiger partial charge in [0.1, 0.15) is 0 Å². The average molecular weight is 254 g/mol. The molecule has 3 heteroatoms. The third-order valence-electron chi connectivity index (χ3n) is 3.13. The van der Waals surface area contributed by atoms with Crippen molar-refractivity contribution in [3.63, 3.8) is 0 Å².